The molecule has 41 heavy (non-hydrogen) atoms. The Kier molecular flexibility index (Phi) is 11.0. The monoisotopic (exact) mass is 571 g/mol. The molecule has 0 spiro atoms. The van der Waals surface area contributed by atoms with E-state index in [2.05, 4.69) is 25.6 Å². The number of H-pyrrole nitrogens is 1. The van der Waals surface area contributed by atoms with Crippen LogP contribution in [0.4, 0.5) is 0 Å². The van der Waals surface area contributed by atoms with Crippen LogP contribution in [0.5, 0.6) is 5.75 Å². The average Bonchev–Trinajstić information content (AvgIpc) is 3.63. The summed E-state index contributed by atoms with van der Waals surface area (Å²) in [6.07, 6.45) is 4.62. The number of guanidine groups is 1. The highest BCUT2D eigenvalue weighted by Gasteiger charge is 2.39. The number of carboxylic acids is 1. The number of carbonyl (C=O) groups is 4. The number of aromatic nitrogens is 2. The highest BCUT2D eigenvalue weighted by Crippen LogP contribution is 2.20. The molecule has 1 aliphatic heterocycles. The van der Waals surface area contributed by atoms with Crippen molar-refractivity contribution < 1.29 is 29.4 Å². The van der Waals surface area contributed by atoms with Gasteiger partial charge in [0.2, 0.25) is 17.7 Å². The number of hydrogen-bond acceptors (Lipinski definition) is 8. The molecule has 11 N–H and O–H groups in total. The van der Waals surface area contributed by atoms with E-state index in [1.165, 1.54) is 29.6 Å². The number of aromatic hydroxyl groups is 1. The lowest BCUT2D eigenvalue weighted by atomic mass is 10.0. The third-order valence-corrected chi connectivity index (χ3v) is 6.73. The Labute approximate surface area is 236 Å². The minimum atomic E-state index is -1.25. The highest BCUT2D eigenvalue weighted by molar-refractivity contribution is 5.94. The normalized spacial score (nSPS) is 16.8. The summed E-state index contributed by atoms with van der Waals surface area (Å²) in [6.45, 7) is 0.557. The van der Waals surface area contributed by atoms with Crippen molar-refractivity contribution in [2.45, 2.75) is 62.7 Å². The van der Waals surface area contributed by atoms with E-state index in [0.717, 1.165) is 0 Å². The number of amides is 3. The molecule has 1 fully saturated rings. The molecule has 3 rings (SSSR count). The Hall–Kier alpha value is -4.66. The third-order valence-electron chi connectivity index (χ3n) is 6.73. The molecular weight excluding hydrogens is 534 g/mol. The van der Waals surface area contributed by atoms with E-state index < -0.39 is 47.9 Å². The van der Waals surface area contributed by atoms with Crippen LogP contribution in [0.2, 0.25) is 0 Å². The van der Waals surface area contributed by atoms with Crippen LogP contribution in [0.3, 0.4) is 0 Å². The summed E-state index contributed by atoms with van der Waals surface area (Å²) in [5, 5.41) is 24.4. The molecule has 1 saturated heterocycles. The summed E-state index contributed by atoms with van der Waals surface area (Å²) in [7, 11) is 0. The van der Waals surface area contributed by atoms with Gasteiger partial charge in [-0.05, 0) is 43.4 Å². The van der Waals surface area contributed by atoms with Gasteiger partial charge < -0.3 is 47.9 Å². The quantitative estimate of drug-likeness (QED) is 0.0726. The number of phenols is 1. The maximum atomic E-state index is 13.7. The lowest BCUT2D eigenvalue weighted by molar-refractivity contribution is -0.144. The fourth-order valence-corrected chi connectivity index (χ4v) is 4.58. The van der Waals surface area contributed by atoms with Gasteiger partial charge in [0.15, 0.2) is 5.96 Å². The number of carboxylic acid groups (broad SMARTS) is 1. The smallest absolute Gasteiger partial charge is 0.326 e. The summed E-state index contributed by atoms with van der Waals surface area (Å²) in [6, 6.07) is 1.85. The molecule has 1 aromatic heterocycles. The predicted molar refractivity (Wildman–Crippen MR) is 148 cm³/mol. The largest absolute Gasteiger partial charge is 0.508 e. The number of hydrogen-bond donors (Lipinski definition) is 8. The number of likely N-dealkylation sites (tertiary alicyclic amines) is 1. The number of aliphatic carboxylic acids is 1. The molecular formula is C26H37N9O6. The average molecular weight is 572 g/mol. The second-order valence-corrected chi connectivity index (χ2v) is 9.86. The third kappa shape index (κ3) is 9.20. The van der Waals surface area contributed by atoms with Crippen molar-refractivity contribution in [3.8, 4) is 5.75 Å². The summed E-state index contributed by atoms with van der Waals surface area (Å²) in [4.78, 5) is 63.8. The van der Waals surface area contributed by atoms with E-state index in [1.54, 1.807) is 12.1 Å². The molecule has 1 aliphatic rings. The van der Waals surface area contributed by atoms with Crippen LogP contribution in [-0.2, 0) is 32.0 Å². The zero-order valence-electron chi connectivity index (χ0n) is 22.5. The number of carbonyl (C=O) groups excluding carboxylic acids is 3. The van der Waals surface area contributed by atoms with Gasteiger partial charge in [-0.2, -0.15) is 0 Å². The van der Waals surface area contributed by atoms with Gasteiger partial charge in [-0.25, -0.2) is 9.78 Å². The van der Waals surface area contributed by atoms with Gasteiger partial charge in [-0.3, -0.25) is 19.4 Å². The van der Waals surface area contributed by atoms with Crippen LogP contribution in [0.1, 0.15) is 36.9 Å². The Balaban J connectivity index is 1.69. The number of phenolic OH excluding ortho intramolecular Hbond substituents is 1. The standard InChI is InChI=1S/C26H37N9O6/c27-18(3-1-9-31-26(28)29)22(37)33-19(12-16-13-30-14-32-16)24(39)35-10-2-4-21(35)23(38)34-20(25(40)41)11-15-5-7-17(36)8-6-15/h5-8,13-14,18-21,36H,1-4,9-12,27H2,(H,30,32)(H,33,37)(H,34,38)(H,40,41)(H4,28,29,31). The first-order chi connectivity index (χ1) is 19.5. The van der Waals surface area contributed by atoms with Crippen molar-refractivity contribution in [1.29, 1.82) is 0 Å². The molecule has 2 heterocycles. The van der Waals surface area contributed by atoms with E-state index >= 15 is 0 Å². The fraction of sp³-hybridized carbons (Fsp3) is 0.462. The molecule has 1 aromatic carbocycles. The second-order valence-electron chi connectivity index (χ2n) is 9.86. The zero-order chi connectivity index (χ0) is 29.9. The van der Waals surface area contributed by atoms with Gasteiger partial charge in [-0.15, -0.1) is 0 Å². The first kappa shape index (κ1) is 30.9. The lowest BCUT2D eigenvalue weighted by Crippen LogP contribution is -2.57. The van der Waals surface area contributed by atoms with E-state index in [-0.39, 0.29) is 37.5 Å². The predicted octanol–water partition coefficient (Wildman–Crippen LogP) is -1.67. The summed E-state index contributed by atoms with van der Waals surface area (Å²) in [5.74, 6) is -2.91. The van der Waals surface area contributed by atoms with Crippen LogP contribution in [0.15, 0.2) is 41.8 Å². The SMILES string of the molecule is NC(N)=NCCCC(N)C(=O)NC(Cc1cnc[nH]1)C(=O)N1CCCC1C(=O)NC(Cc1ccc(O)cc1)C(=O)O. The van der Waals surface area contributed by atoms with E-state index in [1.807, 2.05) is 0 Å². The Morgan fingerprint density at radius 3 is 2.49 bits per heavy atom. The molecule has 0 saturated carbocycles. The van der Waals surface area contributed by atoms with Crippen molar-refractivity contribution in [2.75, 3.05) is 13.1 Å². The topological polar surface area (TPSA) is 255 Å². The van der Waals surface area contributed by atoms with Crippen molar-refractivity contribution in [2.24, 2.45) is 22.2 Å². The lowest BCUT2D eigenvalue weighted by Gasteiger charge is -2.30. The number of benzene rings is 1. The minimum Gasteiger partial charge on any atom is -0.508 e. The number of aromatic amines is 1. The van der Waals surface area contributed by atoms with E-state index in [0.29, 0.717) is 37.1 Å². The molecule has 0 aliphatic carbocycles. The first-order valence-corrected chi connectivity index (χ1v) is 13.2. The molecule has 3 amide bonds. The first-order valence-electron chi connectivity index (χ1n) is 13.2. The van der Waals surface area contributed by atoms with Crippen LogP contribution in [-0.4, -0.2) is 92.0 Å². The van der Waals surface area contributed by atoms with Crippen LogP contribution in [0.25, 0.3) is 0 Å². The zero-order valence-corrected chi connectivity index (χ0v) is 22.5. The molecule has 15 heteroatoms. The van der Waals surface area contributed by atoms with Gasteiger partial charge in [0, 0.05) is 37.8 Å². The van der Waals surface area contributed by atoms with Crippen molar-refractivity contribution >= 4 is 29.7 Å². The van der Waals surface area contributed by atoms with Crippen molar-refractivity contribution in [3.05, 3.63) is 48.0 Å². The Morgan fingerprint density at radius 1 is 1.12 bits per heavy atom. The molecule has 15 nitrogen and oxygen atoms in total. The maximum Gasteiger partial charge on any atom is 0.326 e. The number of nitrogens with two attached hydrogens (primary N) is 3. The molecule has 2 aromatic rings. The molecule has 4 atom stereocenters. The van der Waals surface area contributed by atoms with Crippen molar-refractivity contribution in [3.63, 3.8) is 0 Å². The number of rotatable bonds is 14. The van der Waals surface area contributed by atoms with Gasteiger partial charge in [-0.1, -0.05) is 12.1 Å². The number of nitrogens with zero attached hydrogens (tertiary/aromatic N) is 3. The van der Waals surface area contributed by atoms with Gasteiger partial charge in [0.05, 0.1) is 12.4 Å². The van der Waals surface area contributed by atoms with Crippen molar-refractivity contribution in [1.82, 2.24) is 25.5 Å². The summed E-state index contributed by atoms with van der Waals surface area (Å²) < 4.78 is 0. The number of aliphatic imine (C=N–C) groups is 1. The number of imidazole rings is 1. The molecule has 222 valence electrons. The summed E-state index contributed by atoms with van der Waals surface area (Å²) in [5.41, 5.74) is 17.8. The molecule has 0 bridgehead atoms. The van der Waals surface area contributed by atoms with E-state index in [9.17, 15) is 29.4 Å². The summed E-state index contributed by atoms with van der Waals surface area (Å²) >= 11 is 0. The minimum absolute atomic E-state index is 0.0123. The Bertz CT molecular complexity index is 1210. The van der Waals surface area contributed by atoms with Crippen LogP contribution >= 0.6 is 0 Å². The van der Waals surface area contributed by atoms with Gasteiger partial charge >= 0.3 is 5.97 Å². The van der Waals surface area contributed by atoms with Gasteiger partial charge in [0.25, 0.3) is 0 Å². The van der Waals surface area contributed by atoms with E-state index in [4.69, 9.17) is 17.2 Å². The Morgan fingerprint density at radius 2 is 1.85 bits per heavy atom. The maximum absolute atomic E-state index is 13.7. The second kappa shape index (κ2) is 14.6. The van der Waals surface area contributed by atoms with Crippen LogP contribution < -0.4 is 27.8 Å². The molecule has 0 radical (unpaired) electrons. The van der Waals surface area contributed by atoms with Crippen LogP contribution in [0, 0.1) is 0 Å². The van der Waals surface area contributed by atoms with Gasteiger partial charge in [0.1, 0.15) is 23.9 Å². The number of nitrogens with one attached hydrogen (secondary N) is 3. The molecule has 4 unspecified atom stereocenters. The highest BCUT2D eigenvalue weighted by atomic mass is 16.4. The fourth-order valence-electron chi connectivity index (χ4n) is 4.58.